The zero-order valence-corrected chi connectivity index (χ0v) is 18.1. The number of amidine groups is 1. The van der Waals surface area contributed by atoms with Gasteiger partial charge in [0.05, 0.1) is 17.9 Å². The van der Waals surface area contributed by atoms with Gasteiger partial charge in [0.25, 0.3) is 0 Å². The Morgan fingerprint density at radius 1 is 1.29 bits per heavy atom. The van der Waals surface area contributed by atoms with Gasteiger partial charge >= 0.3 is 0 Å². The van der Waals surface area contributed by atoms with Crippen molar-refractivity contribution in [3.63, 3.8) is 0 Å². The van der Waals surface area contributed by atoms with E-state index in [1.165, 1.54) is 0 Å². The molecule has 31 heavy (non-hydrogen) atoms. The van der Waals surface area contributed by atoms with Crippen LogP contribution in [0.4, 0.5) is 0 Å². The van der Waals surface area contributed by atoms with E-state index in [2.05, 4.69) is 63.2 Å². The maximum Gasteiger partial charge on any atom is 0.151 e. The summed E-state index contributed by atoms with van der Waals surface area (Å²) in [5.41, 5.74) is 2.59. The van der Waals surface area contributed by atoms with Gasteiger partial charge in [-0.05, 0) is 38.3 Å². The molecule has 2 unspecified atom stereocenters. The monoisotopic (exact) mass is 418 g/mol. The van der Waals surface area contributed by atoms with Crippen LogP contribution in [0.1, 0.15) is 31.7 Å². The molecule has 5 rings (SSSR count). The van der Waals surface area contributed by atoms with E-state index < -0.39 is 5.60 Å². The van der Waals surface area contributed by atoms with E-state index >= 15 is 0 Å². The summed E-state index contributed by atoms with van der Waals surface area (Å²) in [6, 6.07) is 8.25. The molecule has 1 fully saturated rings. The molecule has 0 spiro atoms. The Morgan fingerprint density at radius 2 is 2.16 bits per heavy atom. The minimum atomic E-state index is -0.564. The lowest BCUT2D eigenvalue weighted by molar-refractivity contribution is -0.0778. The van der Waals surface area contributed by atoms with E-state index in [1.807, 2.05) is 25.3 Å². The number of aliphatic hydroxyl groups is 1. The van der Waals surface area contributed by atoms with Gasteiger partial charge in [0.1, 0.15) is 17.6 Å². The van der Waals surface area contributed by atoms with Crippen molar-refractivity contribution in [1.82, 2.24) is 15.5 Å². The molecule has 4 aliphatic rings. The summed E-state index contributed by atoms with van der Waals surface area (Å²) < 4.78 is 6.13. The molecule has 0 amide bonds. The number of fused-ring (bicyclic) bond motifs is 1. The average molecular weight is 419 g/mol. The summed E-state index contributed by atoms with van der Waals surface area (Å²) >= 11 is 0. The van der Waals surface area contributed by atoms with Crippen LogP contribution in [0, 0.1) is 11.8 Å². The number of hydrogen-bond donors (Lipinski definition) is 3. The van der Waals surface area contributed by atoms with Crippen molar-refractivity contribution in [2.75, 3.05) is 13.7 Å². The maximum atomic E-state index is 10.3. The quantitative estimate of drug-likeness (QED) is 0.684. The molecule has 1 aromatic rings. The van der Waals surface area contributed by atoms with Crippen LogP contribution in [-0.4, -0.2) is 41.3 Å². The molecule has 1 saturated carbocycles. The van der Waals surface area contributed by atoms with Crippen molar-refractivity contribution in [3.05, 3.63) is 72.2 Å². The zero-order valence-electron chi connectivity index (χ0n) is 18.1. The summed E-state index contributed by atoms with van der Waals surface area (Å²) in [6.45, 7) is 2.58. The highest BCUT2D eigenvalue weighted by molar-refractivity contribution is 6.06. The molecule has 2 atom stereocenters. The molecule has 0 radical (unpaired) electrons. The maximum absolute atomic E-state index is 10.3. The third-order valence-corrected chi connectivity index (χ3v) is 6.50. The van der Waals surface area contributed by atoms with Crippen LogP contribution in [-0.2, 0) is 0 Å². The normalized spacial score (nSPS) is 32.5. The minimum Gasteiger partial charge on any atom is -0.493 e. The Morgan fingerprint density at radius 3 is 2.90 bits per heavy atom. The fraction of sp³-hybridized carbons (Fsp3) is 0.400. The second-order valence-electron chi connectivity index (χ2n) is 9.07. The number of benzene rings is 1. The molecule has 2 heterocycles. The summed E-state index contributed by atoms with van der Waals surface area (Å²) in [5, 5.41) is 17.3. The number of hydrogen-bond acceptors (Lipinski definition) is 5. The predicted octanol–water partition coefficient (Wildman–Crippen LogP) is 3.36. The number of nitrogens with zero attached hydrogens (tertiary/aromatic N) is 2. The molecule has 2 aliphatic heterocycles. The average Bonchev–Trinajstić information content (AvgIpc) is 3.16. The SMILES string of the molecule is CN=C1NC=CN2C1=C(c1cccc(OCC3C=CC=CC3)c1)NC2C1CC(C)(O)C1. The van der Waals surface area contributed by atoms with Crippen LogP contribution in [0.5, 0.6) is 5.75 Å². The van der Waals surface area contributed by atoms with E-state index in [4.69, 9.17) is 4.74 Å². The van der Waals surface area contributed by atoms with Gasteiger partial charge in [0, 0.05) is 36.8 Å². The Labute approximate surface area is 183 Å². The first-order valence-corrected chi connectivity index (χ1v) is 11.0. The van der Waals surface area contributed by atoms with Crippen molar-refractivity contribution in [2.24, 2.45) is 16.8 Å². The Balaban J connectivity index is 1.40. The minimum absolute atomic E-state index is 0.101. The largest absolute Gasteiger partial charge is 0.493 e. The summed E-state index contributed by atoms with van der Waals surface area (Å²) in [5.74, 6) is 2.49. The molecule has 1 aromatic carbocycles. The fourth-order valence-electron chi connectivity index (χ4n) is 4.96. The molecule has 2 aliphatic carbocycles. The van der Waals surface area contributed by atoms with Crippen LogP contribution in [0.2, 0.25) is 0 Å². The first-order valence-electron chi connectivity index (χ1n) is 11.0. The lowest BCUT2D eigenvalue weighted by Gasteiger charge is -2.46. The van der Waals surface area contributed by atoms with Crippen molar-refractivity contribution < 1.29 is 9.84 Å². The summed E-state index contributed by atoms with van der Waals surface area (Å²) in [4.78, 5) is 6.72. The van der Waals surface area contributed by atoms with Gasteiger partial charge in [0.15, 0.2) is 5.84 Å². The molecular formula is C25H30N4O2. The van der Waals surface area contributed by atoms with Crippen LogP contribution in [0.25, 0.3) is 5.70 Å². The van der Waals surface area contributed by atoms with Crippen molar-refractivity contribution >= 4 is 11.5 Å². The summed E-state index contributed by atoms with van der Waals surface area (Å²) in [6.07, 6.45) is 15.2. The van der Waals surface area contributed by atoms with Crippen LogP contribution >= 0.6 is 0 Å². The lowest BCUT2D eigenvalue weighted by atomic mass is 9.70. The van der Waals surface area contributed by atoms with Gasteiger partial charge in [-0.15, -0.1) is 0 Å². The lowest BCUT2D eigenvalue weighted by Crippen LogP contribution is -2.54. The standard InChI is InChI=1S/C25H30N4O2/c1-25(30)14-19(15-25)24-28-21(22-23(26-2)27-11-12-29(22)24)18-9-6-10-20(13-18)31-16-17-7-4-3-5-8-17/h3-7,9-13,17,19,24,28,30H,8,14-16H2,1-2H3,(H,26,27). The molecule has 0 saturated heterocycles. The Kier molecular flexibility index (Phi) is 5.10. The number of nitrogens with one attached hydrogen (secondary N) is 2. The Bertz CT molecular complexity index is 997. The van der Waals surface area contributed by atoms with Crippen molar-refractivity contribution in [2.45, 2.75) is 38.0 Å². The molecule has 3 N–H and O–H groups in total. The van der Waals surface area contributed by atoms with E-state index in [9.17, 15) is 5.11 Å². The molecule has 0 bridgehead atoms. The zero-order chi connectivity index (χ0) is 21.4. The highest BCUT2D eigenvalue weighted by atomic mass is 16.5. The molecular weight excluding hydrogens is 388 g/mol. The van der Waals surface area contributed by atoms with Gasteiger partial charge in [-0.3, -0.25) is 4.99 Å². The summed E-state index contributed by atoms with van der Waals surface area (Å²) in [7, 11) is 1.80. The van der Waals surface area contributed by atoms with Crippen LogP contribution in [0.3, 0.4) is 0 Å². The highest BCUT2D eigenvalue weighted by Crippen LogP contribution is 2.44. The van der Waals surface area contributed by atoms with Crippen molar-refractivity contribution in [1.29, 1.82) is 0 Å². The van der Waals surface area contributed by atoms with E-state index in [-0.39, 0.29) is 6.17 Å². The fourth-order valence-corrected chi connectivity index (χ4v) is 4.96. The predicted molar refractivity (Wildman–Crippen MR) is 123 cm³/mol. The van der Waals surface area contributed by atoms with Gasteiger partial charge in [-0.1, -0.05) is 36.4 Å². The number of allylic oxidation sites excluding steroid dienone is 3. The van der Waals surface area contributed by atoms with Gasteiger partial charge in [-0.2, -0.15) is 0 Å². The van der Waals surface area contributed by atoms with Crippen LogP contribution in [0.15, 0.2) is 71.7 Å². The molecule has 6 nitrogen and oxygen atoms in total. The number of ether oxygens (including phenoxy) is 1. The number of aliphatic imine (C=N–C) groups is 1. The second-order valence-corrected chi connectivity index (χ2v) is 9.07. The van der Waals surface area contributed by atoms with E-state index in [0.29, 0.717) is 18.4 Å². The Hall–Kier alpha value is -2.99. The molecule has 162 valence electrons. The second kappa shape index (κ2) is 7.93. The van der Waals surface area contributed by atoms with Gasteiger partial charge < -0.3 is 25.4 Å². The van der Waals surface area contributed by atoms with Gasteiger partial charge in [0.2, 0.25) is 0 Å². The highest BCUT2D eigenvalue weighted by Gasteiger charge is 2.48. The third-order valence-electron chi connectivity index (χ3n) is 6.50. The van der Waals surface area contributed by atoms with E-state index in [1.54, 1.807) is 7.05 Å². The molecule has 6 heteroatoms. The smallest absolute Gasteiger partial charge is 0.151 e. The first-order chi connectivity index (χ1) is 15.0. The topological polar surface area (TPSA) is 69.1 Å². The van der Waals surface area contributed by atoms with Gasteiger partial charge in [-0.25, -0.2) is 0 Å². The molecule has 0 aromatic heterocycles. The van der Waals surface area contributed by atoms with Crippen LogP contribution < -0.4 is 15.4 Å². The van der Waals surface area contributed by atoms with Crippen molar-refractivity contribution in [3.8, 4) is 5.75 Å². The van der Waals surface area contributed by atoms with E-state index in [0.717, 1.165) is 47.8 Å². The first kappa shape index (κ1) is 19.9. The third kappa shape index (κ3) is 3.88. The number of rotatable bonds is 5.